The van der Waals surface area contributed by atoms with Gasteiger partial charge in [-0.15, -0.1) is 0 Å². The van der Waals surface area contributed by atoms with E-state index in [4.69, 9.17) is 4.42 Å². The molecule has 4 nitrogen and oxygen atoms in total. The number of aromatic nitrogens is 1. The Balaban J connectivity index is 2.48. The topological polar surface area (TPSA) is 55.4 Å². The molecule has 0 saturated carbocycles. The van der Waals surface area contributed by atoms with Crippen molar-refractivity contribution in [1.29, 1.82) is 0 Å². The third kappa shape index (κ3) is 2.52. The van der Waals surface area contributed by atoms with E-state index < -0.39 is 6.10 Å². The molecule has 2 rings (SSSR count). The average Bonchev–Trinajstić information content (AvgIpc) is 2.74. The summed E-state index contributed by atoms with van der Waals surface area (Å²) < 4.78 is 6.92. The summed E-state index contributed by atoms with van der Waals surface area (Å²) in [6.45, 7) is 8.78. The highest BCUT2D eigenvalue weighted by atomic mass is 16.4. The van der Waals surface area contributed by atoms with E-state index in [-0.39, 0.29) is 11.2 Å². The van der Waals surface area contributed by atoms with E-state index in [0.29, 0.717) is 12.1 Å². The van der Waals surface area contributed by atoms with Gasteiger partial charge in [0.1, 0.15) is 0 Å². The molecule has 0 fully saturated rings. The van der Waals surface area contributed by atoms with Crippen molar-refractivity contribution >= 4 is 11.1 Å². The first-order valence-corrected chi connectivity index (χ1v) is 7.22. The normalized spacial score (nSPS) is 13.8. The molecule has 20 heavy (non-hydrogen) atoms. The largest absolute Gasteiger partial charge is 0.419 e. The van der Waals surface area contributed by atoms with Gasteiger partial charge in [-0.2, -0.15) is 0 Å². The Morgan fingerprint density at radius 1 is 1.35 bits per heavy atom. The number of benzene rings is 1. The third-order valence-electron chi connectivity index (χ3n) is 4.11. The molecule has 0 bridgehead atoms. The molecule has 0 amide bonds. The highest BCUT2D eigenvalue weighted by Crippen LogP contribution is 2.36. The maximum Gasteiger partial charge on any atom is 0.419 e. The van der Waals surface area contributed by atoms with Crippen molar-refractivity contribution in [2.75, 3.05) is 0 Å². The maximum absolute atomic E-state index is 11.8. The van der Waals surface area contributed by atoms with Crippen molar-refractivity contribution in [3.63, 3.8) is 0 Å². The van der Waals surface area contributed by atoms with E-state index >= 15 is 0 Å². The summed E-state index contributed by atoms with van der Waals surface area (Å²) >= 11 is 0. The van der Waals surface area contributed by atoms with Gasteiger partial charge in [-0.1, -0.05) is 33.8 Å². The summed E-state index contributed by atoms with van der Waals surface area (Å²) in [7, 11) is 0. The molecule has 1 unspecified atom stereocenters. The van der Waals surface area contributed by atoms with Crippen LogP contribution in [0.4, 0.5) is 0 Å². The quantitative estimate of drug-likeness (QED) is 0.910. The van der Waals surface area contributed by atoms with Gasteiger partial charge in [0, 0.05) is 6.54 Å². The number of oxazole rings is 1. The van der Waals surface area contributed by atoms with Crippen LogP contribution < -0.4 is 5.76 Å². The smallest absolute Gasteiger partial charge is 0.408 e. The number of aliphatic hydroxyl groups excluding tert-OH is 1. The summed E-state index contributed by atoms with van der Waals surface area (Å²) in [4.78, 5) is 11.8. The number of nitrogens with zero attached hydrogens (tertiary/aromatic N) is 1. The molecule has 0 saturated heterocycles. The van der Waals surface area contributed by atoms with Gasteiger partial charge in [0.15, 0.2) is 5.58 Å². The monoisotopic (exact) mass is 277 g/mol. The molecule has 0 aliphatic heterocycles. The molecule has 0 radical (unpaired) electrons. The van der Waals surface area contributed by atoms with Crippen LogP contribution in [0, 0.1) is 5.41 Å². The lowest BCUT2D eigenvalue weighted by atomic mass is 9.80. The Hall–Kier alpha value is -1.55. The average molecular weight is 277 g/mol. The molecule has 1 atom stereocenters. The Labute approximate surface area is 119 Å². The number of hydrogen-bond acceptors (Lipinski definition) is 3. The second-order valence-electron chi connectivity index (χ2n) is 5.99. The molecular weight excluding hydrogens is 254 g/mol. The van der Waals surface area contributed by atoms with Gasteiger partial charge >= 0.3 is 5.76 Å². The highest BCUT2D eigenvalue weighted by molar-refractivity contribution is 5.73. The van der Waals surface area contributed by atoms with E-state index in [1.54, 1.807) is 10.6 Å². The highest BCUT2D eigenvalue weighted by Gasteiger charge is 2.27. The summed E-state index contributed by atoms with van der Waals surface area (Å²) in [6, 6.07) is 5.52. The lowest BCUT2D eigenvalue weighted by Gasteiger charge is -2.29. The Bertz CT molecular complexity index is 651. The van der Waals surface area contributed by atoms with Gasteiger partial charge in [-0.05, 0) is 36.0 Å². The molecule has 1 aromatic carbocycles. The molecule has 2 aromatic rings. The van der Waals surface area contributed by atoms with Gasteiger partial charge < -0.3 is 9.52 Å². The van der Waals surface area contributed by atoms with E-state index in [1.807, 2.05) is 32.9 Å². The minimum absolute atomic E-state index is 0.208. The zero-order chi connectivity index (χ0) is 14.9. The summed E-state index contributed by atoms with van der Waals surface area (Å²) in [5.74, 6) is -0.330. The first-order valence-electron chi connectivity index (χ1n) is 7.22. The van der Waals surface area contributed by atoms with Crippen LogP contribution in [0.3, 0.4) is 0 Å². The van der Waals surface area contributed by atoms with Crippen molar-refractivity contribution in [3.8, 4) is 0 Å². The zero-order valence-electron chi connectivity index (χ0n) is 12.6. The third-order valence-corrected chi connectivity index (χ3v) is 4.11. The first kappa shape index (κ1) is 14.9. The summed E-state index contributed by atoms with van der Waals surface area (Å²) in [6.07, 6.45) is 1.17. The molecule has 1 N–H and O–H groups in total. The lowest BCUT2D eigenvalue weighted by Crippen LogP contribution is -2.20. The SMILES string of the molecule is CCCn1c(=O)oc2cc(C(O)C(C)(C)CC)ccc21. The van der Waals surface area contributed by atoms with E-state index in [1.165, 1.54) is 0 Å². The molecule has 0 aliphatic rings. The van der Waals surface area contributed by atoms with Crippen molar-refractivity contribution < 1.29 is 9.52 Å². The second-order valence-corrected chi connectivity index (χ2v) is 5.99. The van der Waals surface area contributed by atoms with Crippen molar-refractivity contribution in [3.05, 3.63) is 34.3 Å². The van der Waals surface area contributed by atoms with Crippen LogP contribution >= 0.6 is 0 Å². The van der Waals surface area contributed by atoms with Gasteiger partial charge in [-0.25, -0.2) is 4.79 Å². The minimum Gasteiger partial charge on any atom is -0.408 e. The fraction of sp³-hybridized carbons (Fsp3) is 0.562. The standard InChI is InChI=1S/C16H23NO3/c1-5-9-17-12-8-7-11(10-13(12)20-15(17)19)14(18)16(3,4)6-2/h7-8,10,14,18H,5-6,9H2,1-4H3. The van der Waals surface area contributed by atoms with E-state index in [2.05, 4.69) is 6.92 Å². The number of fused-ring (bicyclic) bond motifs is 1. The molecule has 0 aliphatic carbocycles. The first-order chi connectivity index (χ1) is 9.40. The molecule has 0 spiro atoms. The van der Waals surface area contributed by atoms with Crippen LogP contribution in [-0.2, 0) is 6.54 Å². The Morgan fingerprint density at radius 2 is 2.05 bits per heavy atom. The second kappa shape index (κ2) is 5.44. The fourth-order valence-corrected chi connectivity index (χ4v) is 2.33. The maximum atomic E-state index is 11.8. The van der Waals surface area contributed by atoms with Gasteiger partial charge in [0.2, 0.25) is 0 Å². The van der Waals surface area contributed by atoms with Crippen LogP contribution in [0.5, 0.6) is 0 Å². The van der Waals surface area contributed by atoms with Gasteiger partial charge in [-0.3, -0.25) is 4.57 Å². The van der Waals surface area contributed by atoms with Crippen LogP contribution in [0.15, 0.2) is 27.4 Å². The van der Waals surface area contributed by atoms with Crippen LogP contribution in [0.1, 0.15) is 52.2 Å². The van der Waals surface area contributed by atoms with Crippen LogP contribution in [-0.4, -0.2) is 9.67 Å². The zero-order valence-corrected chi connectivity index (χ0v) is 12.6. The van der Waals surface area contributed by atoms with E-state index in [0.717, 1.165) is 23.9 Å². The molecule has 1 heterocycles. The minimum atomic E-state index is -0.572. The predicted molar refractivity (Wildman–Crippen MR) is 79.8 cm³/mol. The summed E-state index contributed by atoms with van der Waals surface area (Å²) in [5, 5.41) is 10.5. The Morgan fingerprint density at radius 3 is 2.65 bits per heavy atom. The van der Waals surface area contributed by atoms with E-state index in [9.17, 15) is 9.90 Å². The summed E-state index contributed by atoms with van der Waals surface area (Å²) in [5.41, 5.74) is 1.93. The number of hydrogen-bond donors (Lipinski definition) is 1. The van der Waals surface area contributed by atoms with Crippen molar-refractivity contribution in [1.82, 2.24) is 4.57 Å². The molecule has 1 aromatic heterocycles. The van der Waals surface area contributed by atoms with Crippen LogP contribution in [0.25, 0.3) is 11.1 Å². The molecular formula is C16H23NO3. The molecule has 4 heteroatoms. The number of aliphatic hydroxyl groups is 1. The number of aryl methyl sites for hydroxylation is 1. The molecule has 110 valence electrons. The van der Waals surface area contributed by atoms with Crippen molar-refractivity contribution in [2.24, 2.45) is 5.41 Å². The van der Waals surface area contributed by atoms with Crippen molar-refractivity contribution in [2.45, 2.75) is 53.2 Å². The predicted octanol–water partition coefficient (Wildman–Crippen LogP) is 3.47. The fourth-order valence-electron chi connectivity index (χ4n) is 2.33. The Kier molecular flexibility index (Phi) is 4.04. The van der Waals surface area contributed by atoms with Gasteiger partial charge in [0.25, 0.3) is 0 Å². The number of rotatable bonds is 5. The van der Waals surface area contributed by atoms with Gasteiger partial charge in [0.05, 0.1) is 11.6 Å². The lowest BCUT2D eigenvalue weighted by molar-refractivity contribution is 0.0466. The van der Waals surface area contributed by atoms with Crippen LogP contribution in [0.2, 0.25) is 0 Å².